The van der Waals surface area contributed by atoms with Gasteiger partial charge in [-0.05, 0) is 6.92 Å². The van der Waals surface area contributed by atoms with Gasteiger partial charge in [-0.25, -0.2) is 4.99 Å². The van der Waals surface area contributed by atoms with Crippen LogP contribution in [0.5, 0.6) is 0 Å². The van der Waals surface area contributed by atoms with Crippen LogP contribution < -0.4 is 4.99 Å². The van der Waals surface area contributed by atoms with Gasteiger partial charge < -0.3 is 0 Å². The zero-order valence-corrected chi connectivity index (χ0v) is 6.89. The highest BCUT2D eigenvalue weighted by Crippen LogP contribution is 2.23. The van der Waals surface area contributed by atoms with Crippen LogP contribution in [0.25, 0.3) is 0 Å². The fourth-order valence-corrected chi connectivity index (χ4v) is 1.54. The third kappa shape index (κ3) is 0.881. The van der Waals surface area contributed by atoms with Gasteiger partial charge in [0.05, 0.1) is 5.92 Å². The van der Waals surface area contributed by atoms with Crippen molar-refractivity contribution in [2.45, 2.75) is 19.8 Å². The topological polar surface area (TPSA) is 14.0 Å². The molecule has 1 aliphatic rings. The molecular weight excluding hydrogens is 134 g/mol. The van der Waals surface area contributed by atoms with Crippen molar-refractivity contribution in [3.63, 3.8) is 0 Å². The van der Waals surface area contributed by atoms with E-state index >= 15 is 0 Å². The van der Waals surface area contributed by atoms with Crippen molar-refractivity contribution in [2.24, 2.45) is 0 Å². The normalized spacial score (nSPS) is 21.3. The van der Waals surface area contributed by atoms with E-state index in [1.165, 1.54) is 17.0 Å². The van der Waals surface area contributed by atoms with Crippen molar-refractivity contribution in [3.05, 3.63) is 29.8 Å². The zero-order valence-electron chi connectivity index (χ0n) is 6.89. The summed E-state index contributed by atoms with van der Waals surface area (Å²) in [4.78, 5) is 3.36. The van der Waals surface area contributed by atoms with Gasteiger partial charge in [0.1, 0.15) is 0 Å². The Morgan fingerprint density at radius 1 is 1.27 bits per heavy atom. The summed E-state index contributed by atoms with van der Waals surface area (Å²) >= 11 is 0. The van der Waals surface area contributed by atoms with Crippen LogP contribution in [0.4, 0.5) is 5.69 Å². The summed E-state index contributed by atoms with van der Waals surface area (Å²) in [5.74, 6) is 0.575. The molecule has 0 saturated carbocycles. The molecule has 1 nitrogen and oxygen atoms in total. The van der Waals surface area contributed by atoms with E-state index in [0.29, 0.717) is 5.92 Å². The van der Waals surface area contributed by atoms with Gasteiger partial charge in [0.15, 0.2) is 5.71 Å². The first-order valence-electron chi connectivity index (χ1n) is 3.98. The average molecular weight is 146 g/mol. The van der Waals surface area contributed by atoms with Crippen LogP contribution in [0, 0.1) is 0 Å². The van der Waals surface area contributed by atoms with E-state index in [4.69, 9.17) is 0 Å². The summed E-state index contributed by atoms with van der Waals surface area (Å²) in [6.45, 7) is 4.37. The molecule has 0 aromatic heterocycles. The summed E-state index contributed by atoms with van der Waals surface area (Å²) in [6, 6.07) is 8.47. The molecule has 11 heavy (non-hydrogen) atoms. The highest BCUT2D eigenvalue weighted by Gasteiger charge is 2.25. The summed E-state index contributed by atoms with van der Waals surface area (Å²) in [6.07, 6.45) is 0. The number of fused-ring (bicyclic) bond motifs is 1. The molecular formula is C10H12N+. The molecule has 1 aliphatic heterocycles. The third-order valence-electron chi connectivity index (χ3n) is 2.41. The highest BCUT2D eigenvalue weighted by molar-refractivity contribution is 5.87. The standard InChI is InChI=1S/C10H11N/c1-7-8(2)11-10-6-4-3-5-9(7)10/h3-7H,1-2H3/p+1. The van der Waals surface area contributed by atoms with E-state index in [0.717, 1.165) is 0 Å². The number of hydrogen-bond donors (Lipinski definition) is 1. The first-order chi connectivity index (χ1) is 5.29. The quantitative estimate of drug-likeness (QED) is 0.561. The predicted octanol–water partition coefficient (Wildman–Crippen LogP) is 0.977. The minimum Gasteiger partial charge on any atom is -0.212 e. The second-order valence-electron chi connectivity index (χ2n) is 3.12. The smallest absolute Gasteiger partial charge is 0.207 e. The zero-order chi connectivity index (χ0) is 7.84. The van der Waals surface area contributed by atoms with Crippen molar-refractivity contribution < 1.29 is 4.99 Å². The Bertz CT molecular complexity index is 312. The van der Waals surface area contributed by atoms with Crippen molar-refractivity contribution in [1.82, 2.24) is 0 Å². The Kier molecular flexibility index (Phi) is 1.31. The van der Waals surface area contributed by atoms with E-state index < -0.39 is 0 Å². The van der Waals surface area contributed by atoms with Crippen LogP contribution in [-0.4, -0.2) is 5.71 Å². The summed E-state index contributed by atoms with van der Waals surface area (Å²) in [7, 11) is 0. The molecule has 1 atom stereocenters. The van der Waals surface area contributed by atoms with Gasteiger partial charge in [-0.1, -0.05) is 18.2 Å². The molecule has 0 radical (unpaired) electrons. The molecule has 56 valence electrons. The van der Waals surface area contributed by atoms with Crippen molar-refractivity contribution in [3.8, 4) is 0 Å². The minimum atomic E-state index is 0.575. The molecule has 0 amide bonds. The van der Waals surface area contributed by atoms with Crippen LogP contribution in [0.2, 0.25) is 0 Å². The minimum absolute atomic E-state index is 0.575. The number of hydrogen-bond acceptors (Lipinski definition) is 0. The number of nitrogens with one attached hydrogen (secondary N) is 1. The maximum atomic E-state index is 3.36. The fraction of sp³-hybridized carbons (Fsp3) is 0.300. The van der Waals surface area contributed by atoms with Crippen LogP contribution in [0.3, 0.4) is 0 Å². The number of rotatable bonds is 0. The Hall–Kier alpha value is -1.11. The molecule has 1 heteroatoms. The van der Waals surface area contributed by atoms with E-state index in [1.807, 2.05) is 0 Å². The van der Waals surface area contributed by atoms with E-state index in [1.54, 1.807) is 0 Å². The van der Waals surface area contributed by atoms with Gasteiger partial charge in [-0.15, -0.1) is 0 Å². The second kappa shape index (κ2) is 2.19. The summed E-state index contributed by atoms with van der Waals surface area (Å²) < 4.78 is 0. The molecule has 1 heterocycles. The Morgan fingerprint density at radius 2 is 2.00 bits per heavy atom. The number of para-hydroxylation sites is 1. The lowest BCUT2D eigenvalue weighted by Crippen LogP contribution is -2.63. The Labute approximate surface area is 66.8 Å². The second-order valence-corrected chi connectivity index (χ2v) is 3.12. The molecule has 1 aromatic carbocycles. The molecule has 1 aromatic rings. The predicted molar refractivity (Wildman–Crippen MR) is 46.2 cm³/mol. The molecule has 0 bridgehead atoms. The van der Waals surface area contributed by atoms with Crippen LogP contribution in [-0.2, 0) is 0 Å². The molecule has 0 spiro atoms. The van der Waals surface area contributed by atoms with E-state index in [9.17, 15) is 0 Å². The van der Waals surface area contributed by atoms with Crippen LogP contribution in [0.1, 0.15) is 25.3 Å². The number of benzene rings is 1. The lowest BCUT2D eigenvalue weighted by Gasteiger charge is -1.97. The monoisotopic (exact) mass is 146 g/mol. The maximum Gasteiger partial charge on any atom is 0.207 e. The average Bonchev–Trinajstić information content (AvgIpc) is 2.30. The van der Waals surface area contributed by atoms with Gasteiger partial charge in [0, 0.05) is 18.6 Å². The van der Waals surface area contributed by atoms with Crippen LogP contribution in [0.15, 0.2) is 24.3 Å². The fourth-order valence-electron chi connectivity index (χ4n) is 1.54. The van der Waals surface area contributed by atoms with Gasteiger partial charge >= 0.3 is 0 Å². The highest BCUT2D eigenvalue weighted by atomic mass is 14.8. The largest absolute Gasteiger partial charge is 0.212 e. The third-order valence-corrected chi connectivity index (χ3v) is 2.41. The van der Waals surface area contributed by atoms with Gasteiger partial charge in [0.2, 0.25) is 5.69 Å². The van der Waals surface area contributed by atoms with Gasteiger partial charge in [-0.2, -0.15) is 0 Å². The molecule has 0 saturated heterocycles. The summed E-state index contributed by atoms with van der Waals surface area (Å²) in [5, 5.41) is 0. The molecule has 1 N–H and O–H groups in total. The van der Waals surface area contributed by atoms with Crippen molar-refractivity contribution >= 4 is 11.4 Å². The SMILES string of the molecule is CC1=[NH+]c2ccccc2C1C. The lowest BCUT2D eigenvalue weighted by atomic mass is 9.99. The molecule has 1 unspecified atom stereocenters. The first-order valence-corrected chi connectivity index (χ1v) is 3.98. The Balaban J connectivity index is 2.58. The van der Waals surface area contributed by atoms with Gasteiger partial charge in [0.25, 0.3) is 0 Å². The van der Waals surface area contributed by atoms with E-state index in [2.05, 4.69) is 43.1 Å². The maximum absolute atomic E-state index is 3.36. The molecule has 0 aliphatic carbocycles. The molecule has 0 fully saturated rings. The molecule has 2 rings (SSSR count). The lowest BCUT2D eigenvalue weighted by molar-refractivity contribution is -0.350. The van der Waals surface area contributed by atoms with Crippen molar-refractivity contribution in [1.29, 1.82) is 0 Å². The van der Waals surface area contributed by atoms with Crippen LogP contribution >= 0.6 is 0 Å². The summed E-state index contributed by atoms with van der Waals surface area (Å²) in [5.41, 5.74) is 4.05. The van der Waals surface area contributed by atoms with Crippen molar-refractivity contribution in [2.75, 3.05) is 0 Å². The van der Waals surface area contributed by atoms with Gasteiger partial charge in [-0.3, -0.25) is 0 Å². The van der Waals surface area contributed by atoms with E-state index in [-0.39, 0.29) is 0 Å². The first kappa shape index (κ1) is 6.59. The Morgan fingerprint density at radius 3 is 2.73 bits per heavy atom.